The van der Waals surface area contributed by atoms with Crippen LogP contribution in [0.15, 0.2) is 0 Å². The van der Waals surface area contributed by atoms with Gasteiger partial charge in [-0.3, -0.25) is 5.43 Å². The number of fused-ring (bicyclic) bond motifs is 4. The fourth-order valence-electron chi connectivity index (χ4n) is 1.81. The van der Waals surface area contributed by atoms with E-state index >= 15 is 0 Å². The molecule has 3 aliphatic heterocycles. The summed E-state index contributed by atoms with van der Waals surface area (Å²) in [5.74, 6) is 1.04. The van der Waals surface area contributed by atoms with Crippen LogP contribution in [0.25, 0.3) is 0 Å². The molecule has 0 amide bonds. The highest BCUT2D eigenvalue weighted by Gasteiger charge is 2.21. The molecule has 0 spiro atoms. The van der Waals surface area contributed by atoms with Crippen LogP contribution in [0.5, 0.6) is 0 Å². The zero-order chi connectivity index (χ0) is 6.10. The fraction of sp³-hybridized carbons (Fsp3) is 1.00. The summed E-state index contributed by atoms with van der Waals surface area (Å²) in [5, 5.41) is 2.36. The molecule has 0 aromatic rings. The number of hydrazine groups is 1. The quantitative estimate of drug-likeness (QED) is 0.635. The Labute approximate surface area is 80.5 Å². The number of hydrogen-bond donors (Lipinski definition) is 1. The second-order valence-electron chi connectivity index (χ2n) is 3.13. The van der Waals surface area contributed by atoms with E-state index in [-0.39, 0.29) is 24.8 Å². The van der Waals surface area contributed by atoms with Crippen molar-refractivity contribution in [2.24, 2.45) is 5.92 Å². The zero-order valence-corrected chi connectivity index (χ0v) is 8.22. The van der Waals surface area contributed by atoms with E-state index in [4.69, 9.17) is 0 Å². The highest BCUT2D eigenvalue weighted by Crippen LogP contribution is 2.21. The summed E-state index contributed by atoms with van der Waals surface area (Å²) in [4.78, 5) is 0. The van der Waals surface area contributed by atoms with Gasteiger partial charge in [-0.2, -0.15) is 0 Å². The molecule has 0 atom stereocenters. The third-order valence-corrected chi connectivity index (χ3v) is 2.50. The Morgan fingerprint density at radius 2 is 1.64 bits per heavy atom. The molecule has 0 aromatic heterocycles. The van der Waals surface area contributed by atoms with Gasteiger partial charge in [0.15, 0.2) is 0 Å². The molecule has 2 bridgehead atoms. The molecule has 3 aliphatic rings. The van der Waals surface area contributed by atoms with Gasteiger partial charge in [0.05, 0.1) is 0 Å². The predicted octanol–water partition coefficient (Wildman–Crippen LogP) is 1.45. The molecule has 2 nitrogen and oxygen atoms in total. The van der Waals surface area contributed by atoms with Crippen molar-refractivity contribution in [3.63, 3.8) is 0 Å². The van der Waals surface area contributed by atoms with Crippen molar-refractivity contribution in [2.75, 3.05) is 19.6 Å². The number of hydrogen-bond acceptors (Lipinski definition) is 2. The van der Waals surface area contributed by atoms with Crippen LogP contribution in [-0.2, 0) is 0 Å². The smallest absolute Gasteiger partial charge is 0.0133 e. The highest BCUT2D eigenvalue weighted by atomic mass is 35.5. The molecule has 3 saturated heterocycles. The van der Waals surface area contributed by atoms with Gasteiger partial charge in [0.1, 0.15) is 0 Å². The van der Waals surface area contributed by atoms with Crippen LogP contribution >= 0.6 is 24.8 Å². The van der Waals surface area contributed by atoms with Gasteiger partial charge in [0, 0.05) is 19.6 Å². The minimum absolute atomic E-state index is 0. The fourth-order valence-corrected chi connectivity index (χ4v) is 1.81. The first-order valence-corrected chi connectivity index (χ1v) is 3.93. The number of piperidine rings is 1. The molecule has 3 rings (SSSR count). The van der Waals surface area contributed by atoms with Gasteiger partial charge in [0.2, 0.25) is 0 Å². The third-order valence-electron chi connectivity index (χ3n) is 2.50. The summed E-state index contributed by atoms with van der Waals surface area (Å²) in [6, 6.07) is 0. The second kappa shape index (κ2) is 5.20. The van der Waals surface area contributed by atoms with Crippen LogP contribution < -0.4 is 5.43 Å². The topological polar surface area (TPSA) is 15.3 Å². The molecule has 1 N–H and O–H groups in total. The Morgan fingerprint density at radius 3 is 2.27 bits per heavy atom. The van der Waals surface area contributed by atoms with Crippen molar-refractivity contribution in [1.82, 2.24) is 10.4 Å². The average Bonchev–Trinajstić information content (AvgIpc) is 2.21. The average molecular weight is 199 g/mol. The van der Waals surface area contributed by atoms with E-state index in [1.807, 2.05) is 0 Å². The molecule has 3 heterocycles. The van der Waals surface area contributed by atoms with Crippen LogP contribution in [0.1, 0.15) is 19.3 Å². The van der Waals surface area contributed by atoms with Crippen LogP contribution in [0.4, 0.5) is 0 Å². The molecule has 3 fully saturated rings. The van der Waals surface area contributed by atoms with Crippen LogP contribution in [0.3, 0.4) is 0 Å². The van der Waals surface area contributed by atoms with Crippen molar-refractivity contribution in [3.05, 3.63) is 0 Å². The Balaban J connectivity index is 0.000000500. The largest absolute Gasteiger partial charge is 0.255 e. The van der Waals surface area contributed by atoms with Crippen molar-refractivity contribution >= 4 is 24.8 Å². The molecule has 0 saturated carbocycles. The lowest BCUT2D eigenvalue weighted by Gasteiger charge is -2.25. The summed E-state index contributed by atoms with van der Waals surface area (Å²) in [7, 11) is 0. The maximum absolute atomic E-state index is 3.41. The van der Waals surface area contributed by atoms with E-state index in [2.05, 4.69) is 10.4 Å². The maximum Gasteiger partial charge on any atom is 0.0133 e. The zero-order valence-electron chi connectivity index (χ0n) is 6.58. The molecule has 0 aromatic carbocycles. The standard InChI is InChI=1S/C7H14N2.2ClH/c1-4-8-9-5-2-7(1)3-6-9;;/h7-8H,1-6H2;2*1H. The molecule has 4 heteroatoms. The number of halogens is 2. The lowest BCUT2D eigenvalue weighted by atomic mass is 9.96. The molecule has 68 valence electrons. The molecule has 0 unspecified atom stereocenters. The maximum atomic E-state index is 3.41. The third kappa shape index (κ3) is 2.79. The molecular formula is C7H16Cl2N2. The first-order chi connectivity index (χ1) is 4.45. The molecule has 11 heavy (non-hydrogen) atoms. The van der Waals surface area contributed by atoms with Crippen LogP contribution in [0.2, 0.25) is 0 Å². The van der Waals surface area contributed by atoms with E-state index in [1.54, 1.807) is 0 Å². The van der Waals surface area contributed by atoms with Gasteiger partial charge in [-0.15, -0.1) is 24.8 Å². The van der Waals surface area contributed by atoms with Gasteiger partial charge >= 0.3 is 0 Å². The van der Waals surface area contributed by atoms with Crippen molar-refractivity contribution in [3.8, 4) is 0 Å². The lowest BCUT2D eigenvalue weighted by Crippen LogP contribution is -2.39. The van der Waals surface area contributed by atoms with Crippen LogP contribution in [0, 0.1) is 5.92 Å². The predicted molar refractivity (Wildman–Crippen MR) is 51.4 cm³/mol. The SMILES string of the molecule is C1CC2CCN(CC2)N1.Cl.Cl. The molecule has 0 aliphatic carbocycles. The Hall–Kier alpha value is 0.500. The van der Waals surface area contributed by atoms with Gasteiger partial charge in [-0.1, -0.05) is 0 Å². The summed E-state index contributed by atoms with van der Waals surface area (Å²) in [6.45, 7) is 3.78. The van der Waals surface area contributed by atoms with E-state index in [0.717, 1.165) is 5.92 Å². The number of nitrogens with one attached hydrogen (secondary N) is 1. The van der Waals surface area contributed by atoms with Crippen LogP contribution in [-0.4, -0.2) is 24.6 Å². The number of rotatable bonds is 0. The Morgan fingerprint density at radius 1 is 1.00 bits per heavy atom. The summed E-state index contributed by atoms with van der Waals surface area (Å²) >= 11 is 0. The molecular weight excluding hydrogens is 183 g/mol. The number of nitrogens with zero attached hydrogens (tertiary/aromatic N) is 1. The van der Waals surface area contributed by atoms with Gasteiger partial charge in [-0.05, 0) is 25.2 Å². The van der Waals surface area contributed by atoms with E-state index < -0.39 is 0 Å². The lowest BCUT2D eigenvalue weighted by molar-refractivity contribution is 0.166. The van der Waals surface area contributed by atoms with E-state index in [9.17, 15) is 0 Å². The molecule has 0 radical (unpaired) electrons. The normalized spacial score (nSPS) is 34.9. The van der Waals surface area contributed by atoms with Gasteiger partial charge in [0.25, 0.3) is 0 Å². The second-order valence-corrected chi connectivity index (χ2v) is 3.13. The Kier molecular flexibility index (Phi) is 5.44. The van der Waals surface area contributed by atoms with Crippen molar-refractivity contribution < 1.29 is 0 Å². The van der Waals surface area contributed by atoms with Crippen molar-refractivity contribution in [1.29, 1.82) is 0 Å². The first kappa shape index (κ1) is 11.5. The van der Waals surface area contributed by atoms with Crippen molar-refractivity contribution in [2.45, 2.75) is 19.3 Å². The monoisotopic (exact) mass is 198 g/mol. The summed E-state index contributed by atoms with van der Waals surface area (Å²) in [6.07, 6.45) is 4.25. The summed E-state index contributed by atoms with van der Waals surface area (Å²) in [5.41, 5.74) is 3.41. The van der Waals surface area contributed by atoms with Gasteiger partial charge < -0.3 is 0 Å². The minimum Gasteiger partial charge on any atom is -0.255 e. The Bertz CT molecular complexity index is 85.1. The minimum atomic E-state index is 0. The van der Waals surface area contributed by atoms with E-state index in [0.29, 0.717) is 0 Å². The summed E-state index contributed by atoms with van der Waals surface area (Å²) < 4.78 is 0. The first-order valence-electron chi connectivity index (χ1n) is 3.93. The van der Waals surface area contributed by atoms with E-state index in [1.165, 1.54) is 38.9 Å². The van der Waals surface area contributed by atoms with Gasteiger partial charge in [-0.25, -0.2) is 5.01 Å². The highest BCUT2D eigenvalue weighted by molar-refractivity contribution is 5.85.